The van der Waals surface area contributed by atoms with Crippen LogP contribution < -0.4 is 5.32 Å². The summed E-state index contributed by atoms with van der Waals surface area (Å²) in [6, 6.07) is 24.5. The Labute approximate surface area is 167 Å². The Bertz CT molecular complexity index is 992. The maximum Gasteiger partial charge on any atom is 0.412 e. The van der Waals surface area contributed by atoms with Crippen LogP contribution in [-0.4, -0.2) is 24.6 Å². The minimum Gasteiger partial charge on any atom is -0.465 e. The molecule has 0 aromatic heterocycles. The largest absolute Gasteiger partial charge is 0.465 e. The van der Waals surface area contributed by atoms with Gasteiger partial charge in [0, 0.05) is 11.3 Å². The Morgan fingerprint density at radius 3 is 2.31 bits per heavy atom. The standard InChI is InChI=1S/C23H19FN2O3/c24-18-13-11-17(12-14-18)22-25-15-20(21(29-22)16-7-3-1-4-8-16)28-23(27)26-19-9-5-2-6-10-19/h1-14,20-21H,15H2,(H,26,27). The van der Waals surface area contributed by atoms with Gasteiger partial charge in [-0.2, -0.15) is 0 Å². The Morgan fingerprint density at radius 2 is 1.62 bits per heavy atom. The molecule has 1 N–H and O–H groups in total. The molecule has 0 saturated heterocycles. The van der Waals surface area contributed by atoms with Gasteiger partial charge < -0.3 is 9.47 Å². The van der Waals surface area contributed by atoms with E-state index in [-0.39, 0.29) is 12.4 Å². The summed E-state index contributed by atoms with van der Waals surface area (Å²) in [6.45, 7) is 0.231. The number of nitrogens with one attached hydrogen (secondary N) is 1. The number of ether oxygens (including phenoxy) is 2. The molecule has 3 aromatic carbocycles. The van der Waals surface area contributed by atoms with Gasteiger partial charge in [0.05, 0.1) is 6.54 Å². The van der Waals surface area contributed by atoms with Gasteiger partial charge in [-0.15, -0.1) is 0 Å². The Morgan fingerprint density at radius 1 is 0.966 bits per heavy atom. The molecule has 1 aliphatic heterocycles. The van der Waals surface area contributed by atoms with E-state index in [4.69, 9.17) is 9.47 Å². The normalized spacial score (nSPS) is 18.3. The zero-order valence-electron chi connectivity index (χ0n) is 15.5. The van der Waals surface area contributed by atoms with Crippen LogP contribution in [0.1, 0.15) is 17.2 Å². The number of halogens is 1. The number of nitrogens with zero attached hydrogens (tertiary/aromatic N) is 1. The first-order valence-electron chi connectivity index (χ1n) is 9.24. The van der Waals surface area contributed by atoms with Crippen molar-refractivity contribution in [1.82, 2.24) is 0 Å². The minimum absolute atomic E-state index is 0.231. The Hall–Kier alpha value is -3.67. The van der Waals surface area contributed by atoms with Crippen LogP contribution in [0, 0.1) is 5.82 Å². The zero-order valence-corrected chi connectivity index (χ0v) is 15.5. The molecule has 2 unspecified atom stereocenters. The molecule has 0 spiro atoms. The molecule has 1 amide bonds. The van der Waals surface area contributed by atoms with Crippen molar-refractivity contribution in [2.45, 2.75) is 12.2 Å². The van der Waals surface area contributed by atoms with Crippen LogP contribution in [0.2, 0.25) is 0 Å². The molecule has 0 radical (unpaired) electrons. The van der Waals surface area contributed by atoms with Crippen LogP contribution >= 0.6 is 0 Å². The second-order valence-electron chi connectivity index (χ2n) is 6.54. The van der Waals surface area contributed by atoms with E-state index >= 15 is 0 Å². The van der Waals surface area contributed by atoms with Crippen LogP contribution in [-0.2, 0) is 9.47 Å². The summed E-state index contributed by atoms with van der Waals surface area (Å²) in [6.07, 6.45) is -1.72. The van der Waals surface area contributed by atoms with Gasteiger partial charge in [0.25, 0.3) is 0 Å². The van der Waals surface area contributed by atoms with Gasteiger partial charge >= 0.3 is 6.09 Å². The molecule has 4 rings (SSSR count). The van der Waals surface area contributed by atoms with Crippen molar-refractivity contribution in [2.75, 3.05) is 11.9 Å². The summed E-state index contributed by atoms with van der Waals surface area (Å²) in [5, 5.41) is 2.70. The zero-order chi connectivity index (χ0) is 20.1. The molecule has 146 valence electrons. The van der Waals surface area contributed by atoms with E-state index in [1.165, 1.54) is 12.1 Å². The lowest BCUT2D eigenvalue weighted by Crippen LogP contribution is -2.37. The fourth-order valence-electron chi connectivity index (χ4n) is 3.08. The second kappa shape index (κ2) is 8.56. The number of hydrogen-bond acceptors (Lipinski definition) is 4. The molecule has 29 heavy (non-hydrogen) atoms. The average molecular weight is 390 g/mol. The van der Waals surface area contributed by atoms with E-state index in [0.717, 1.165) is 5.56 Å². The molecule has 0 bridgehead atoms. The number of rotatable bonds is 4. The fraction of sp³-hybridized carbons (Fsp3) is 0.130. The average Bonchev–Trinajstić information content (AvgIpc) is 2.76. The lowest BCUT2D eigenvalue weighted by Gasteiger charge is -2.31. The summed E-state index contributed by atoms with van der Waals surface area (Å²) >= 11 is 0. The summed E-state index contributed by atoms with van der Waals surface area (Å²) in [4.78, 5) is 16.8. The van der Waals surface area contributed by atoms with Gasteiger partial charge in [0.1, 0.15) is 5.82 Å². The number of hydrogen-bond donors (Lipinski definition) is 1. The molecule has 1 aliphatic rings. The highest BCUT2D eigenvalue weighted by Gasteiger charge is 2.33. The molecule has 0 saturated carbocycles. The number of carbonyl (C=O) groups is 1. The third-order valence-corrected chi connectivity index (χ3v) is 4.49. The molecule has 3 aromatic rings. The highest BCUT2D eigenvalue weighted by atomic mass is 19.1. The van der Waals surface area contributed by atoms with Crippen molar-refractivity contribution < 1.29 is 18.7 Å². The summed E-state index contributed by atoms with van der Waals surface area (Å²) in [7, 11) is 0. The van der Waals surface area contributed by atoms with Crippen molar-refractivity contribution in [2.24, 2.45) is 4.99 Å². The predicted octanol–water partition coefficient (Wildman–Crippen LogP) is 4.96. The maximum absolute atomic E-state index is 13.2. The van der Waals surface area contributed by atoms with E-state index in [1.807, 2.05) is 48.5 Å². The van der Waals surface area contributed by atoms with E-state index in [2.05, 4.69) is 10.3 Å². The summed E-state index contributed by atoms with van der Waals surface area (Å²) < 4.78 is 24.9. The van der Waals surface area contributed by atoms with E-state index in [0.29, 0.717) is 17.1 Å². The number of aliphatic imine (C=N–C) groups is 1. The summed E-state index contributed by atoms with van der Waals surface area (Å²) in [5.74, 6) is 0.0609. The van der Waals surface area contributed by atoms with Gasteiger partial charge in [-0.1, -0.05) is 48.5 Å². The fourth-order valence-corrected chi connectivity index (χ4v) is 3.08. The Balaban J connectivity index is 1.54. The topological polar surface area (TPSA) is 59.9 Å². The van der Waals surface area contributed by atoms with Crippen LogP contribution in [0.4, 0.5) is 14.9 Å². The molecule has 1 heterocycles. The third-order valence-electron chi connectivity index (χ3n) is 4.49. The monoisotopic (exact) mass is 390 g/mol. The maximum atomic E-state index is 13.2. The molecular formula is C23H19FN2O3. The van der Waals surface area contributed by atoms with Crippen molar-refractivity contribution in [3.05, 3.63) is 102 Å². The lowest BCUT2D eigenvalue weighted by atomic mass is 10.0. The number of carbonyl (C=O) groups excluding carboxylic acids is 1. The van der Waals surface area contributed by atoms with Gasteiger partial charge in [0.2, 0.25) is 5.90 Å². The van der Waals surface area contributed by atoms with Gasteiger partial charge in [-0.05, 0) is 42.0 Å². The van der Waals surface area contributed by atoms with Crippen LogP contribution in [0.15, 0.2) is 89.9 Å². The molecule has 2 atom stereocenters. The van der Waals surface area contributed by atoms with Crippen molar-refractivity contribution in [3.8, 4) is 0 Å². The summed E-state index contributed by atoms with van der Waals surface area (Å²) in [5.41, 5.74) is 2.17. The number of para-hydroxylation sites is 1. The molecule has 0 aliphatic carbocycles. The van der Waals surface area contributed by atoms with Gasteiger partial charge in [-0.3, -0.25) is 5.32 Å². The van der Waals surface area contributed by atoms with Crippen molar-refractivity contribution in [1.29, 1.82) is 0 Å². The quantitative estimate of drug-likeness (QED) is 0.685. The smallest absolute Gasteiger partial charge is 0.412 e. The number of anilines is 1. The van der Waals surface area contributed by atoms with Crippen LogP contribution in [0.5, 0.6) is 0 Å². The van der Waals surface area contributed by atoms with Gasteiger partial charge in [0.15, 0.2) is 12.2 Å². The van der Waals surface area contributed by atoms with Crippen molar-refractivity contribution >= 4 is 17.7 Å². The minimum atomic E-state index is -0.606. The van der Waals surface area contributed by atoms with E-state index in [1.54, 1.807) is 24.3 Å². The number of benzene rings is 3. The van der Waals surface area contributed by atoms with Crippen molar-refractivity contribution in [3.63, 3.8) is 0 Å². The lowest BCUT2D eigenvalue weighted by molar-refractivity contribution is 0.00996. The van der Waals surface area contributed by atoms with Crippen LogP contribution in [0.25, 0.3) is 0 Å². The second-order valence-corrected chi connectivity index (χ2v) is 6.54. The Kier molecular flexibility index (Phi) is 5.52. The highest BCUT2D eigenvalue weighted by molar-refractivity contribution is 5.94. The first kappa shape index (κ1) is 18.7. The van der Waals surface area contributed by atoms with Gasteiger partial charge in [-0.25, -0.2) is 14.2 Å². The first-order valence-corrected chi connectivity index (χ1v) is 9.24. The first-order chi connectivity index (χ1) is 14.2. The SMILES string of the molecule is O=C(Nc1ccccc1)OC1CN=C(c2ccc(F)cc2)OC1c1ccccc1. The van der Waals surface area contributed by atoms with E-state index in [9.17, 15) is 9.18 Å². The number of amides is 1. The molecule has 0 fully saturated rings. The predicted molar refractivity (Wildman–Crippen MR) is 108 cm³/mol. The molecular weight excluding hydrogens is 371 g/mol. The molecule has 5 nitrogen and oxygen atoms in total. The third kappa shape index (κ3) is 4.60. The van der Waals surface area contributed by atoms with Crippen LogP contribution in [0.3, 0.4) is 0 Å². The highest BCUT2D eigenvalue weighted by Crippen LogP contribution is 2.29. The molecule has 6 heteroatoms. The van der Waals surface area contributed by atoms with E-state index < -0.39 is 18.3 Å².